The second-order valence-electron chi connectivity index (χ2n) is 4.09. The van der Waals surface area contributed by atoms with Crippen LogP contribution in [0.5, 0.6) is 17.2 Å². The summed E-state index contributed by atoms with van der Waals surface area (Å²) in [5, 5.41) is 38.4. The molecular weight excluding hydrogens is 262 g/mol. The minimum atomic E-state index is -0.572. The van der Waals surface area contributed by atoms with Crippen LogP contribution in [0.1, 0.15) is 11.1 Å². The molecule has 0 fully saturated rings. The van der Waals surface area contributed by atoms with Crippen LogP contribution in [0.15, 0.2) is 36.4 Å². The van der Waals surface area contributed by atoms with Crippen molar-refractivity contribution in [3.8, 4) is 17.2 Å². The SMILES string of the molecule is O=[N+]([O-])c1ccc(/C=C/c2cc(O)c(O)c(O)c2)cc1. The maximum atomic E-state index is 10.5. The molecule has 0 bridgehead atoms. The van der Waals surface area contributed by atoms with Gasteiger partial charge in [-0.1, -0.05) is 12.2 Å². The van der Waals surface area contributed by atoms with E-state index in [9.17, 15) is 25.4 Å². The summed E-state index contributed by atoms with van der Waals surface area (Å²) < 4.78 is 0. The summed E-state index contributed by atoms with van der Waals surface area (Å²) in [7, 11) is 0. The molecule has 2 aromatic carbocycles. The van der Waals surface area contributed by atoms with E-state index in [1.165, 1.54) is 24.3 Å². The molecule has 0 amide bonds. The number of benzene rings is 2. The van der Waals surface area contributed by atoms with Crippen molar-refractivity contribution in [1.82, 2.24) is 0 Å². The number of hydrogen-bond donors (Lipinski definition) is 3. The lowest BCUT2D eigenvalue weighted by Crippen LogP contribution is -1.86. The summed E-state index contributed by atoms with van der Waals surface area (Å²) in [5.74, 6) is -1.42. The lowest BCUT2D eigenvalue weighted by molar-refractivity contribution is -0.384. The van der Waals surface area contributed by atoms with E-state index in [1.54, 1.807) is 24.3 Å². The Labute approximate surface area is 114 Å². The number of nitro groups is 1. The normalized spacial score (nSPS) is 10.8. The molecule has 2 aromatic rings. The van der Waals surface area contributed by atoms with Crippen LogP contribution in [-0.4, -0.2) is 20.2 Å². The van der Waals surface area contributed by atoms with E-state index in [1.807, 2.05) is 0 Å². The Morgan fingerprint density at radius 1 is 0.900 bits per heavy atom. The molecule has 0 saturated carbocycles. The predicted octanol–water partition coefficient (Wildman–Crippen LogP) is 2.88. The van der Waals surface area contributed by atoms with Gasteiger partial charge in [0.15, 0.2) is 17.2 Å². The summed E-state index contributed by atoms with van der Waals surface area (Å²) in [5.41, 5.74) is 1.21. The molecule has 0 saturated heterocycles. The second kappa shape index (κ2) is 5.31. The summed E-state index contributed by atoms with van der Waals surface area (Å²) in [4.78, 5) is 10.0. The van der Waals surface area contributed by atoms with Crippen molar-refractivity contribution in [2.45, 2.75) is 0 Å². The van der Waals surface area contributed by atoms with E-state index in [4.69, 9.17) is 0 Å². The van der Waals surface area contributed by atoms with Gasteiger partial charge in [0, 0.05) is 12.1 Å². The zero-order valence-corrected chi connectivity index (χ0v) is 10.2. The second-order valence-corrected chi connectivity index (χ2v) is 4.09. The molecule has 0 aromatic heterocycles. The van der Waals surface area contributed by atoms with Gasteiger partial charge in [-0.25, -0.2) is 0 Å². The van der Waals surface area contributed by atoms with Crippen LogP contribution >= 0.6 is 0 Å². The first-order chi connectivity index (χ1) is 9.47. The van der Waals surface area contributed by atoms with Gasteiger partial charge in [0.25, 0.3) is 5.69 Å². The number of rotatable bonds is 3. The molecule has 0 aliphatic heterocycles. The van der Waals surface area contributed by atoms with Gasteiger partial charge in [-0.3, -0.25) is 10.1 Å². The summed E-state index contributed by atoms with van der Waals surface area (Å²) in [6.45, 7) is 0. The van der Waals surface area contributed by atoms with Crippen molar-refractivity contribution in [3.05, 3.63) is 57.6 Å². The van der Waals surface area contributed by atoms with Crippen LogP contribution in [0.4, 0.5) is 5.69 Å². The summed E-state index contributed by atoms with van der Waals surface area (Å²) >= 11 is 0. The van der Waals surface area contributed by atoms with Crippen LogP contribution in [0.2, 0.25) is 0 Å². The molecular formula is C14H11NO5. The van der Waals surface area contributed by atoms with Gasteiger partial charge >= 0.3 is 0 Å². The van der Waals surface area contributed by atoms with E-state index in [-0.39, 0.29) is 5.69 Å². The fourth-order valence-corrected chi connectivity index (χ4v) is 1.62. The average Bonchev–Trinajstić information content (AvgIpc) is 2.42. The van der Waals surface area contributed by atoms with E-state index in [2.05, 4.69) is 0 Å². The highest BCUT2D eigenvalue weighted by molar-refractivity contribution is 5.72. The van der Waals surface area contributed by atoms with Crippen molar-refractivity contribution in [3.63, 3.8) is 0 Å². The monoisotopic (exact) mass is 273 g/mol. The van der Waals surface area contributed by atoms with Crippen molar-refractivity contribution < 1.29 is 20.2 Å². The van der Waals surface area contributed by atoms with E-state index < -0.39 is 22.2 Å². The summed E-state index contributed by atoms with van der Waals surface area (Å²) in [6.07, 6.45) is 3.26. The third-order valence-corrected chi connectivity index (χ3v) is 2.66. The first-order valence-electron chi connectivity index (χ1n) is 5.65. The maximum absolute atomic E-state index is 10.5. The number of non-ortho nitro benzene ring substituents is 1. The maximum Gasteiger partial charge on any atom is 0.269 e. The van der Waals surface area contributed by atoms with E-state index in [0.717, 1.165) is 5.56 Å². The van der Waals surface area contributed by atoms with Crippen molar-refractivity contribution in [2.24, 2.45) is 0 Å². The Balaban J connectivity index is 2.23. The predicted molar refractivity (Wildman–Crippen MR) is 73.5 cm³/mol. The molecule has 3 N–H and O–H groups in total. The molecule has 2 rings (SSSR count). The lowest BCUT2D eigenvalue weighted by Gasteiger charge is -2.02. The molecule has 6 nitrogen and oxygen atoms in total. The minimum Gasteiger partial charge on any atom is -0.504 e. The molecule has 0 radical (unpaired) electrons. The largest absolute Gasteiger partial charge is 0.504 e. The molecule has 102 valence electrons. The topological polar surface area (TPSA) is 104 Å². The van der Waals surface area contributed by atoms with Crippen molar-refractivity contribution >= 4 is 17.8 Å². The molecule has 0 heterocycles. The zero-order valence-electron chi connectivity index (χ0n) is 10.2. The van der Waals surface area contributed by atoms with Crippen LogP contribution in [0.25, 0.3) is 12.2 Å². The molecule has 0 aliphatic carbocycles. The Bertz CT molecular complexity index is 653. The highest BCUT2D eigenvalue weighted by Gasteiger charge is 2.06. The van der Waals surface area contributed by atoms with Gasteiger partial charge in [-0.2, -0.15) is 0 Å². The third-order valence-electron chi connectivity index (χ3n) is 2.66. The summed E-state index contributed by atoms with van der Waals surface area (Å²) in [6, 6.07) is 8.49. The van der Waals surface area contributed by atoms with Gasteiger partial charge in [0.2, 0.25) is 0 Å². The van der Waals surface area contributed by atoms with Crippen molar-refractivity contribution in [1.29, 1.82) is 0 Å². The first-order valence-corrected chi connectivity index (χ1v) is 5.65. The number of nitro benzene ring substituents is 1. The number of phenols is 3. The standard InChI is InChI=1S/C14H11NO5/c16-12-7-10(8-13(17)14(12)18)2-1-9-3-5-11(6-4-9)15(19)20/h1-8,16-18H/b2-1+. The fourth-order valence-electron chi connectivity index (χ4n) is 1.62. The third kappa shape index (κ3) is 2.86. The first kappa shape index (κ1) is 13.4. The number of hydrogen-bond acceptors (Lipinski definition) is 5. The van der Waals surface area contributed by atoms with Crippen LogP contribution in [0, 0.1) is 10.1 Å². The van der Waals surface area contributed by atoms with Crippen LogP contribution in [-0.2, 0) is 0 Å². The highest BCUT2D eigenvalue weighted by Crippen LogP contribution is 2.35. The number of nitrogens with zero attached hydrogens (tertiary/aromatic N) is 1. The number of aromatic hydroxyl groups is 3. The molecule has 0 unspecified atom stereocenters. The van der Waals surface area contributed by atoms with Crippen LogP contribution in [0.3, 0.4) is 0 Å². The van der Waals surface area contributed by atoms with E-state index >= 15 is 0 Å². The van der Waals surface area contributed by atoms with Gasteiger partial charge < -0.3 is 15.3 Å². The van der Waals surface area contributed by atoms with Gasteiger partial charge in [0.1, 0.15) is 0 Å². The van der Waals surface area contributed by atoms with Crippen molar-refractivity contribution in [2.75, 3.05) is 0 Å². The molecule has 0 spiro atoms. The van der Waals surface area contributed by atoms with E-state index in [0.29, 0.717) is 5.56 Å². The van der Waals surface area contributed by atoms with Gasteiger partial charge in [-0.05, 0) is 35.4 Å². The molecule has 6 heteroatoms. The molecule has 20 heavy (non-hydrogen) atoms. The highest BCUT2D eigenvalue weighted by atomic mass is 16.6. The Hall–Kier alpha value is -3.02. The number of phenolic OH excluding ortho intramolecular Hbond substituents is 3. The zero-order chi connectivity index (χ0) is 14.7. The van der Waals surface area contributed by atoms with Crippen LogP contribution < -0.4 is 0 Å². The smallest absolute Gasteiger partial charge is 0.269 e. The molecule has 0 atom stereocenters. The quantitative estimate of drug-likeness (QED) is 0.345. The van der Waals surface area contributed by atoms with Gasteiger partial charge in [-0.15, -0.1) is 0 Å². The Morgan fingerprint density at radius 2 is 1.40 bits per heavy atom. The molecule has 0 aliphatic rings. The lowest BCUT2D eigenvalue weighted by atomic mass is 10.1. The fraction of sp³-hybridized carbons (Fsp3) is 0. The Morgan fingerprint density at radius 3 is 1.90 bits per heavy atom. The van der Waals surface area contributed by atoms with Gasteiger partial charge in [0.05, 0.1) is 4.92 Å². The minimum absolute atomic E-state index is 0.00192. The Kier molecular flexibility index (Phi) is 3.56. The average molecular weight is 273 g/mol.